The number of aromatic amines is 1. The lowest BCUT2D eigenvalue weighted by Gasteiger charge is -2.20. The van der Waals surface area contributed by atoms with Gasteiger partial charge in [0.2, 0.25) is 0 Å². The molecule has 3 rings (SSSR count). The van der Waals surface area contributed by atoms with E-state index in [1.807, 2.05) is 31.2 Å². The largest absolute Gasteiger partial charge is 0.344 e. The number of halogens is 1. The first-order chi connectivity index (χ1) is 9.08. The van der Waals surface area contributed by atoms with E-state index in [9.17, 15) is 0 Å². The predicted molar refractivity (Wildman–Crippen MR) is 78.1 cm³/mol. The number of nitrogens with zero attached hydrogens (tertiary/aromatic N) is 1. The first-order valence-electron chi connectivity index (χ1n) is 6.70. The Morgan fingerprint density at radius 1 is 1.32 bits per heavy atom. The highest BCUT2D eigenvalue weighted by Crippen LogP contribution is 2.36. The molecule has 1 aliphatic carbocycles. The number of aromatic nitrogens is 2. The molecule has 100 valence electrons. The quantitative estimate of drug-likeness (QED) is 0.877. The fourth-order valence-corrected chi connectivity index (χ4v) is 3.05. The van der Waals surface area contributed by atoms with Gasteiger partial charge < -0.3 is 10.7 Å². The average molecular weight is 276 g/mol. The maximum Gasteiger partial charge on any atom is 0.127 e. The normalized spacial score (nSPS) is 17.8. The van der Waals surface area contributed by atoms with Crippen molar-refractivity contribution in [2.75, 3.05) is 0 Å². The Labute approximate surface area is 118 Å². The van der Waals surface area contributed by atoms with Gasteiger partial charge in [-0.25, -0.2) is 4.98 Å². The third kappa shape index (κ3) is 2.28. The van der Waals surface area contributed by atoms with Crippen molar-refractivity contribution in [1.29, 1.82) is 0 Å². The van der Waals surface area contributed by atoms with E-state index in [-0.39, 0.29) is 5.54 Å². The number of nitrogens with two attached hydrogens (primary N) is 1. The number of hydrogen-bond donors (Lipinski definition) is 2. The fourth-order valence-electron chi connectivity index (χ4n) is 2.86. The van der Waals surface area contributed by atoms with Crippen LogP contribution >= 0.6 is 11.6 Å². The summed E-state index contributed by atoms with van der Waals surface area (Å²) >= 11 is 6.05. The van der Waals surface area contributed by atoms with Crippen LogP contribution in [0.3, 0.4) is 0 Å². The van der Waals surface area contributed by atoms with Crippen LogP contribution in [-0.2, 0) is 5.54 Å². The van der Waals surface area contributed by atoms with Gasteiger partial charge in [-0.3, -0.25) is 0 Å². The number of rotatable bonds is 2. The maximum atomic E-state index is 6.45. The van der Waals surface area contributed by atoms with Crippen LogP contribution in [0, 0.1) is 6.92 Å². The van der Waals surface area contributed by atoms with Gasteiger partial charge in [-0.15, -0.1) is 0 Å². The zero-order valence-electron chi connectivity index (χ0n) is 11.0. The molecule has 0 aliphatic heterocycles. The second-order valence-corrected chi connectivity index (χ2v) is 5.87. The molecule has 0 amide bonds. The Morgan fingerprint density at radius 2 is 2.05 bits per heavy atom. The van der Waals surface area contributed by atoms with E-state index < -0.39 is 0 Å². The van der Waals surface area contributed by atoms with Gasteiger partial charge in [0.05, 0.1) is 11.2 Å². The maximum absolute atomic E-state index is 6.45. The minimum atomic E-state index is -0.276. The van der Waals surface area contributed by atoms with E-state index in [0.717, 1.165) is 40.6 Å². The van der Waals surface area contributed by atoms with Gasteiger partial charge in [-0.1, -0.05) is 36.6 Å². The number of aryl methyl sites for hydroxylation is 1. The molecule has 3 N–H and O–H groups in total. The Balaban J connectivity index is 2.02. The van der Waals surface area contributed by atoms with Gasteiger partial charge >= 0.3 is 0 Å². The molecule has 0 radical (unpaired) electrons. The number of nitrogens with one attached hydrogen (secondary N) is 1. The van der Waals surface area contributed by atoms with E-state index in [1.165, 1.54) is 12.8 Å². The Hall–Kier alpha value is -1.32. The smallest absolute Gasteiger partial charge is 0.127 e. The second kappa shape index (κ2) is 4.66. The molecule has 0 unspecified atom stereocenters. The lowest BCUT2D eigenvalue weighted by atomic mass is 9.99. The van der Waals surface area contributed by atoms with Crippen LogP contribution in [0.15, 0.2) is 24.3 Å². The number of H-pyrrole nitrogens is 1. The van der Waals surface area contributed by atoms with Gasteiger partial charge in [0, 0.05) is 16.3 Å². The van der Waals surface area contributed by atoms with E-state index in [1.54, 1.807) is 0 Å². The van der Waals surface area contributed by atoms with E-state index >= 15 is 0 Å². The summed E-state index contributed by atoms with van der Waals surface area (Å²) in [6, 6.07) is 7.78. The van der Waals surface area contributed by atoms with Crippen molar-refractivity contribution in [2.24, 2.45) is 5.73 Å². The van der Waals surface area contributed by atoms with Crippen molar-refractivity contribution >= 4 is 11.6 Å². The number of hydrogen-bond acceptors (Lipinski definition) is 2. The highest BCUT2D eigenvalue weighted by molar-refractivity contribution is 6.30. The second-order valence-electron chi connectivity index (χ2n) is 5.43. The van der Waals surface area contributed by atoms with Crippen LogP contribution < -0.4 is 5.73 Å². The predicted octanol–water partition coefficient (Wildman–Crippen LogP) is 3.77. The highest BCUT2D eigenvalue weighted by atomic mass is 35.5. The standard InChI is InChI=1S/C15H18ClN3/c1-10-13(11-5-4-6-12(16)9-11)19-14(18-10)15(17)7-2-3-8-15/h4-6,9H,2-3,7-8,17H2,1H3,(H,18,19). The van der Waals surface area contributed by atoms with Crippen molar-refractivity contribution in [3.63, 3.8) is 0 Å². The van der Waals surface area contributed by atoms with Gasteiger partial charge in [0.15, 0.2) is 0 Å². The molecule has 0 spiro atoms. The van der Waals surface area contributed by atoms with E-state index in [2.05, 4.69) is 4.98 Å². The molecule has 0 bridgehead atoms. The molecule has 2 aromatic rings. The van der Waals surface area contributed by atoms with Crippen molar-refractivity contribution in [2.45, 2.75) is 38.1 Å². The first kappa shape index (κ1) is 12.7. The van der Waals surface area contributed by atoms with Gasteiger partial charge in [-0.05, 0) is 31.9 Å². The van der Waals surface area contributed by atoms with Crippen molar-refractivity contribution in [3.8, 4) is 11.3 Å². The summed E-state index contributed by atoms with van der Waals surface area (Å²) in [7, 11) is 0. The molecule has 1 aromatic heterocycles. The summed E-state index contributed by atoms with van der Waals surface area (Å²) < 4.78 is 0. The van der Waals surface area contributed by atoms with Crippen molar-refractivity contribution in [1.82, 2.24) is 9.97 Å². The summed E-state index contributed by atoms with van der Waals surface area (Å²) in [4.78, 5) is 8.10. The van der Waals surface area contributed by atoms with Crippen LogP contribution in [0.2, 0.25) is 5.02 Å². The molecule has 0 atom stereocenters. The molecule has 1 aromatic carbocycles. The lowest BCUT2D eigenvalue weighted by molar-refractivity contribution is 0.435. The van der Waals surface area contributed by atoms with Gasteiger partial charge in [0.1, 0.15) is 5.82 Å². The Morgan fingerprint density at radius 3 is 2.74 bits per heavy atom. The molecule has 1 fully saturated rings. The zero-order chi connectivity index (χ0) is 13.5. The monoisotopic (exact) mass is 275 g/mol. The summed E-state index contributed by atoms with van der Waals surface area (Å²) in [5.41, 5.74) is 9.21. The first-order valence-corrected chi connectivity index (χ1v) is 7.08. The van der Waals surface area contributed by atoms with Crippen LogP contribution in [-0.4, -0.2) is 9.97 Å². The molecular weight excluding hydrogens is 258 g/mol. The molecule has 1 saturated carbocycles. The minimum absolute atomic E-state index is 0.276. The van der Waals surface area contributed by atoms with Crippen LogP contribution in [0.4, 0.5) is 0 Å². The fraction of sp³-hybridized carbons (Fsp3) is 0.400. The SMILES string of the molecule is Cc1[nH]c(C2(N)CCCC2)nc1-c1cccc(Cl)c1. The van der Waals surface area contributed by atoms with Crippen molar-refractivity contribution < 1.29 is 0 Å². The number of benzene rings is 1. The topological polar surface area (TPSA) is 54.7 Å². The lowest BCUT2D eigenvalue weighted by Crippen LogP contribution is -2.34. The minimum Gasteiger partial charge on any atom is -0.344 e. The average Bonchev–Trinajstić information content (AvgIpc) is 2.97. The Kier molecular flexibility index (Phi) is 3.11. The molecule has 0 saturated heterocycles. The van der Waals surface area contributed by atoms with E-state index in [0.29, 0.717) is 0 Å². The van der Waals surface area contributed by atoms with Gasteiger partial charge in [0.25, 0.3) is 0 Å². The molecule has 1 aliphatic rings. The molecular formula is C15H18ClN3. The third-order valence-electron chi connectivity index (χ3n) is 3.95. The summed E-state index contributed by atoms with van der Waals surface area (Å²) in [6.45, 7) is 2.03. The molecule has 4 heteroatoms. The summed E-state index contributed by atoms with van der Waals surface area (Å²) in [6.07, 6.45) is 4.38. The van der Waals surface area contributed by atoms with Gasteiger partial charge in [-0.2, -0.15) is 0 Å². The molecule has 3 nitrogen and oxygen atoms in total. The van der Waals surface area contributed by atoms with Crippen LogP contribution in [0.1, 0.15) is 37.2 Å². The van der Waals surface area contributed by atoms with Crippen LogP contribution in [0.25, 0.3) is 11.3 Å². The zero-order valence-corrected chi connectivity index (χ0v) is 11.8. The Bertz CT molecular complexity index is 597. The summed E-state index contributed by atoms with van der Waals surface area (Å²) in [5.74, 6) is 0.914. The highest BCUT2D eigenvalue weighted by Gasteiger charge is 2.34. The molecule has 1 heterocycles. The van der Waals surface area contributed by atoms with E-state index in [4.69, 9.17) is 22.3 Å². The summed E-state index contributed by atoms with van der Waals surface area (Å²) in [5, 5.41) is 0.727. The number of imidazole rings is 1. The molecule has 19 heavy (non-hydrogen) atoms. The third-order valence-corrected chi connectivity index (χ3v) is 4.19. The van der Waals surface area contributed by atoms with Crippen molar-refractivity contribution in [3.05, 3.63) is 40.8 Å². The van der Waals surface area contributed by atoms with Crippen LogP contribution in [0.5, 0.6) is 0 Å².